The summed E-state index contributed by atoms with van der Waals surface area (Å²) in [4.78, 5) is 35.6. The molecule has 118 valence electrons. The first-order valence-corrected chi connectivity index (χ1v) is 7.72. The Hall–Kier alpha value is -2.02. The van der Waals surface area contributed by atoms with Crippen LogP contribution in [0.25, 0.3) is 0 Å². The molecule has 2 aliphatic rings. The van der Waals surface area contributed by atoms with Gasteiger partial charge in [0.15, 0.2) is 0 Å². The fourth-order valence-corrected chi connectivity index (χ4v) is 2.95. The number of aromatic nitrogens is 2. The average molecular weight is 304 g/mol. The fraction of sp³-hybridized carbons (Fsp3) is 0.600. The van der Waals surface area contributed by atoms with Crippen LogP contribution in [0.2, 0.25) is 0 Å². The molecule has 3 heterocycles. The number of aliphatic hydroxyl groups excluding tert-OH is 1. The van der Waals surface area contributed by atoms with Gasteiger partial charge in [-0.1, -0.05) is 0 Å². The van der Waals surface area contributed by atoms with E-state index >= 15 is 0 Å². The third-order valence-electron chi connectivity index (χ3n) is 4.32. The van der Waals surface area contributed by atoms with E-state index in [0.717, 1.165) is 25.9 Å². The van der Waals surface area contributed by atoms with Gasteiger partial charge < -0.3 is 10.0 Å². The molecule has 2 saturated heterocycles. The van der Waals surface area contributed by atoms with Crippen LogP contribution in [0.1, 0.15) is 32.1 Å². The van der Waals surface area contributed by atoms with Gasteiger partial charge in [-0.15, -0.1) is 0 Å². The van der Waals surface area contributed by atoms with Gasteiger partial charge in [0.2, 0.25) is 17.8 Å². The van der Waals surface area contributed by atoms with E-state index in [1.54, 1.807) is 12.4 Å². The zero-order valence-electron chi connectivity index (χ0n) is 12.4. The van der Waals surface area contributed by atoms with Gasteiger partial charge in [0.05, 0.1) is 18.1 Å². The second-order valence-electron chi connectivity index (χ2n) is 5.83. The van der Waals surface area contributed by atoms with Gasteiger partial charge in [-0.2, -0.15) is 0 Å². The smallest absolute Gasteiger partial charge is 0.233 e. The number of nitrogens with zero attached hydrogens (tertiary/aromatic N) is 4. The van der Waals surface area contributed by atoms with E-state index in [-0.39, 0.29) is 18.4 Å². The Labute approximate surface area is 129 Å². The molecule has 2 amide bonds. The SMILES string of the molecule is O=C1CCCC(=O)N1c1cnc(N2CCC(CO)CC2)nc1. The molecule has 1 N–H and O–H groups in total. The fourth-order valence-electron chi connectivity index (χ4n) is 2.95. The summed E-state index contributed by atoms with van der Waals surface area (Å²) >= 11 is 0. The number of anilines is 2. The maximum Gasteiger partial charge on any atom is 0.233 e. The molecule has 2 fully saturated rings. The minimum absolute atomic E-state index is 0.184. The predicted octanol–water partition coefficient (Wildman–Crippen LogP) is 0.729. The number of imide groups is 1. The van der Waals surface area contributed by atoms with E-state index in [1.807, 2.05) is 0 Å². The molecule has 0 saturated carbocycles. The summed E-state index contributed by atoms with van der Waals surface area (Å²) in [6, 6.07) is 0. The number of carbonyl (C=O) groups excluding carboxylic acids is 2. The summed E-state index contributed by atoms with van der Waals surface area (Å²) in [5, 5.41) is 9.16. The Kier molecular flexibility index (Phi) is 4.33. The van der Waals surface area contributed by atoms with Crippen LogP contribution in [0, 0.1) is 5.92 Å². The molecule has 7 nitrogen and oxygen atoms in total. The number of piperidine rings is 2. The van der Waals surface area contributed by atoms with Crippen molar-refractivity contribution in [1.82, 2.24) is 9.97 Å². The molecule has 2 aliphatic heterocycles. The van der Waals surface area contributed by atoms with E-state index < -0.39 is 0 Å². The number of hydrogen-bond donors (Lipinski definition) is 1. The van der Waals surface area contributed by atoms with E-state index in [9.17, 15) is 9.59 Å². The first kappa shape index (κ1) is 14.9. The van der Waals surface area contributed by atoms with Crippen LogP contribution in [0.15, 0.2) is 12.4 Å². The Morgan fingerprint density at radius 2 is 1.68 bits per heavy atom. The lowest BCUT2D eigenvalue weighted by Crippen LogP contribution is -2.40. The van der Waals surface area contributed by atoms with Crippen LogP contribution in [0.5, 0.6) is 0 Å². The summed E-state index contributed by atoms with van der Waals surface area (Å²) in [5.74, 6) is 0.601. The Morgan fingerprint density at radius 3 is 2.23 bits per heavy atom. The first-order chi connectivity index (χ1) is 10.7. The molecule has 1 aromatic rings. The molecule has 1 aromatic heterocycles. The van der Waals surface area contributed by atoms with Crippen molar-refractivity contribution in [3.05, 3.63) is 12.4 Å². The zero-order chi connectivity index (χ0) is 15.5. The van der Waals surface area contributed by atoms with E-state index in [4.69, 9.17) is 5.11 Å². The van der Waals surface area contributed by atoms with Crippen molar-refractivity contribution in [3.63, 3.8) is 0 Å². The maximum absolute atomic E-state index is 11.9. The lowest BCUT2D eigenvalue weighted by molar-refractivity contribution is -0.129. The van der Waals surface area contributed by atoms with Crippen LogP contribution >= 0.6 is 0 Å². The molecular formula is C15H20N4O3. The molecule has 0 radical (unpaired) electrons. The molecule has 0 bridgehead atoms. The van der Waals surface area contributed by atoms with Gasteiger partial charge in [0.25, 0.3) is 0 Å². The second-order valence-corrected chi connectivity index (χ2v) is 5.83. The van der Waals surface area contributed by atoms with Gasteiger partial charge in [0.1, 0.15) is 0 Å². The van der Waals surface area contributed by atoms with Crippen LogP contribution in [-0.4, -0.2) is 46.6 Å². The quantitative estimate of drug-likeness (QED) is 0.828. The maximum atomic E-state index is 11.9. The average Bonchev–Trinajstić information content (AvgIpc) is 2.55. The molecule has 7 heteroatoms. The highest BCUT2D eigenvalue weighted by Gasteiger charge is 2.28. The Bertz CT molecular complexity index is 536. The van der Waals surface area contributed by atoms with Crippen molar-refractivity contribution in [2.75, 3.05) is 29.5 Å². The van der Waals surface area contributed by atoms with Crippen LogP contribution in [-0.2, 0) is 9.59 Å². The molecule has 22 heavy (non-hydrogen) atoms. The summed E-state index contributed by atoms with van der Waals surface area (Å²) in [7, 11) is 0. The summed E-state index contributed by atoms with van der Waals surface area (Å²) in [5.41, 5.74) is 0.448. The van der Waals surface area contributed by atoms with Gasteiger partial charge in [-0.05, 0) is 25.2 Å². The highest BCUT2D eigenvalue weighted by atomic mass is 16.3. The normalized spacial score (nSPS) is 20.6. The number of rotatable bonds is 3. The molecule has 0 unspecified atom stereocenters. The molecule has 0 atom stereocenters. The lowest BCUT2D eigenvalue weighted by atomic mass is 9.98. The number of carbonyl (C=O) groups is 2. The van der Waals surface area contributed by atoms with E-state index in [0.29, 0.717) is 36.8 Å². The summed E-state index contributed by atoms with van der Waals surface area (Å²) in [6.45, 7) is 1.85. The van der Waals surface area contributed by atoms with Crippen molar-refractivity contribution in [2.24, 2.45) is 5.92 Å². The zero-order valence-corrected chi connectivity index (χ0v) is 12.4. The second kappa shape index (κ2) is 6.39. The standard InChI is InChI=1S/C15H20N4O3/c20-10-11-4-6-18(7-5-11)15-16-8-12(9-17-15)19-13(21)2-1-3-14(19)22/h8-9,11,20H,1-7,10H2. The van der Waals surface area contributed by atoms with Crippen LogP contribution in [0.4, 0.5) is 11.6 Å². The number of aliphatic hydroxyl groups is 1. The predicted molar refractivity (Wildman–Crippen MR) is 80.4 cm³/mol. The highest BCUT2D eigenvalue weighted by molar-refractivity contribution is 6.16. The molecule has 0 aliphatic carbocycles. The summed E-state index contributed by atoms with van der Waals surface area (Å²) < 4.78 is 0. The summed E-state index contributed by atoms with van der Waals surface area (Å²) in [6.07, 6.45) is 6.33. The van der Waals surface area contributed by atoms with E-state index in [1.165, 1.54) is 4.90 Å². The topological polar surface area (TPSA) is 86.6 Å². The molecule has 3 rings (SSSR count). The van der Waals surface area contributed by atoms with Gasteiger partial charge in [0, 0.05) is 32.5 Å². The Morgan fingerprint density at radius 1 is 1.09 bits per heavy atom. The number of amides is 2. The minimum atomic E-state index is -0.184. The van der Waals surface area contributed by atoms with E-state index in [2.05, 4.69) is 14.9 Å². The van der Waals surface area contributed by atoms with Crippen molar-refractivity contribution < 1.29 is 14.7 Å². The Balaban J connectivity index is 1.70. The molecule has 0 spiro atoms. The highest BCUT2D eigenvalue weighted by Crippen LogP contribution is 2.23. The van der Waals surface area contributed by atoms with Crippen molar-refractivity contribution in [1.29, 1.82) is 0 Å². The van der Waals surface area contributed by atoms with Crippen molar-refractivity contribution in [3.8, 4) is 0 Å². The van der Waals surface area contributed by atoms with Crippen molar-refractivity contribution >= 4 is 23.5 Å². The third-order valence-corrected chi connectivity index (χ3v) is 4.32. The van der Waals surface area contributed by atoms with Crippen LogP contribution < -0.4 is 9.80 Å². The minimum Gasteiger partial charge on any atom is -0.396 e. The largest absolute Gasteiger partial charge is 0.396 e. The van der Waals surface area contributed by atoms with Gasteiger partial charge in [-0.25, -0.2) is 14.9 Å². The van der Waals surface area contributed by atoms with Crippen LogP contribution in [0.3, 0.4) is 0 Å². The monoisotopic (exact) mass is 304 g/mol. The third kappa shape index (κ3) is 2.94. The lowest BCUT2D eigenvalue weighted by Gasteiger charge is -2.31. The van der Waals surface area contributed by atoms with Gasteiger partial charge >= 0.3 is 0 Å². The first-order valence-electron chi connectivity index (χ1n) is 7.72. The van der Waals surface area contributed by atoms with Crippen molar-refractivity contribution in [2.45, 2.75) is 32.1 Å². The van der Waals surface area contributed by atoms with Gasteiger partial charge in [-0.3, -0.25) is 9.59 Å². The molecule has 0 aromatic carbocycles. The molecular weight excluding hydrogens is 284 g/mol. The number of hydrogen-bond acceptors (Lipinski definition) is 6.